The molecular weight excluding hydrogens is 294 g/mol. The first-order valence-corrected chi connectivity index (χ1v) is 6.86. The van der Waals surface area contributed by atoms with Gasteiger partial charge < -0.3 is 15.2 Å². The van der Waals surface area contributed by atoms with Crippen molar-refractivity contribution in [1.29, 1.82) is 0 Å². The summed E-state index contributed by atoms with van der Waals surface area (Å²) in [5.41, 5.74) is 7.70. The zero-order valence-electron chi connectivity index (χ0n) is 11.0. The number of nitrogens with two attached hydrogens (primary N) is 1. The quantitative estimate of drug-likeness (QED) is 0.781. The van der Waals surface area contributed by atoms with Crippen molar-refractivity contribution in [2.24, 2.45) is 5.73 Å². The van der Waals surface area contributed by atoms with E-state index in [2.05, 4.69) is 29.4 Å². The first-order valence-electron chi connectivity index (χ1n) is 6.07. The maximum atomic E-state index is 5.76. The van der Waals surface area contributed by atoms with E-state index in [0.717, 1.165) is 27.8 Å². The molecule has 0 bridgehead atoms. The Morgan fingerprint density at radius 1 is 1.33 bits per heavy atom. The highest BCUT2D eigenvalue weighted by atomic mass is 79.9. The molecule has 0 saturated carbocycles. The van der Waals surface area contributed by atoms with E-state index in [1.165, 1.54) is 0 Å². The van der Waals surface area contributed by atoms with Gasteiger partial charge in [0.15, 0.2) is 11.5 Å². The van der Waals surface area contributed by atoms with E-state index in [0.29, 0.717) is 25.5 Å². The topological polar surface area (TPSA) is 44.5 Å². The molecule has 0 aliphatic rings. The fourth-order valence-electron chi connectivity index (χ4n) is 1.42. The molecule has 18 heavy (non-hydrogen) atoms. The maximum absolute atomic E-state index is 5.76. The first-order chi connectivity index (χ1) is 8.62. The van der Waals surface area contributed by atoms with Crippen LogP contribution in [0.25, 0.3) is 0 Å². The van der Waals surface area contributed by atoms with Crippen molar-refractivity contribution in [3.8, 4) is 11.5 Å². The van der Waals surface area contributed by atoms with Crippen molar-refractivity contribution < 1.29 is 9.47 Å². The van der Waals surface area contributed by atoms with E-state index in [1.54, 1.807) is 0 Å². The second-order valence-electron chi connectivity index (χ2n) is 3.93. The lowest BCUT2D eigenvalue weighted by molar-refractivity contribution is 0.290. The molecule has 0 atom stereocenters. The van der Waals surface area contributed by atoms with Crippen LogP contribution in [0.15, 0.2) is 28.8 Å². The van der Waals surface area contributed by atoms with Gasteiger partial charge in [0.1, 0.15) is 6.61 Å². The van der Waals surface area contributed by atoms with Crippen molar-refractivity contribution in [2.45, 2.75) is 26.8 Å². The molecular formula is C14H20BrNO2. The molecule has 1 aromatic carbocycles. The SMILES string of the molecule is C=C(CC)COc1c(Br)cc(CN)cc1OCC. The molecule has 0 aromatic heterocycles. The number of benzene rings is 1. The van der Waals surface area contributed by atoms with Crippen molar-refractivity contribution in [2.75, 3.05) is 13.2 Å². The molecule has 0 fully saturated rings. The fourth-order valence-corrected chi connectivity index (χ4v) is 2.02. The Kier molecular flexibility index (Phi) is 6.22. The van der Waals surface area contributed by atoms with Gasteiger partial charge >= 0.3 is 0 Å². The Morgan fingerprint density at radius 3 is 2.61 bits per heavy atom. The second kappa shape index (κ2) is 7.44. The summed E-state index contributed by atoms with van der Waals surface area (Å²) in [6.07, 6.45) is 0.905. The number of rotatable bonds is 7. The molecule has 0 aliphatic heterocycles. The zero-order valence-corrected chi connectivity index (χ0v) is 12.5. The van der Waals surface area contributed by atoms with E-state index in [9.17, 15) is 0 Å². The van der Waals surface area contributed by atoms with Crippen molar-refractivity contribution >= 4 is 15.9 Å². The van der Waals surface area contributed by atoms with Crippen LogP contribution in [0, 0.1) is 0 Å². The predicted octanol–water partition coefficient (Wildman–Crippen LogP) is 3.65. The summed E-state index contributed by atoms with van der Waals surface area (Å²) in [6, 6.07) is 3.87. The summed E-state index contributed by atoms with van der Waals surface area (Å²) in [7, 11) is 0. The number of ether oxygens (including phenoxy) is 2. The van der Waals surface area contributed by atoms with Gasteiger partial charge in [0.05, 0.1) is 11.1 Å². The van der Waals surface area contributed by atoms with Crippen LogP contribution in [0.4, 0.5) is 0 Å². The summed E-state index contributed by atoms with van der Waals surface area (Å²) >= 11 is 3.49. The third-order valence-electron chi connectivity index (χ3n) is 2.53. The van der Waals surface area contributed by atoms with Crippen LogP contribution < -0.4 is 15.2 Å². The Balaban J connectivity index is 2.96. The largest absolute Gasteiger partial charge is 0.490 e. The van der Waals surface area contributed by atoms with Crippen LogP contribution in [0.1, 0.15) is 25.8 Å². The smallest absolute Gasteiger partial charge is 0.175 e. The molecule has 0 spiro atoms. The fraction of sp³-hybridized carbons (Fsp3) is 0.429. The minimum atomic E-state index is 0.473. The van der Waals surface area contributed by atoms with Gasteiger partial charge in [0.25, 0.3) is 0 Å². The summed E-state index contributed by atoms with van der Waals surface area (Å²) in [4.78, 5) is 0. The molecule has 1 rings (SSSR count). The van der Waals surface area contributed by atoms with Gasteiger partial charge in [0, 0.05) is 6.54 Å². The molecule has 1 aromatic rings. The molecule has 0 aliphatic carbocycles. The van der Waals surface area contributed by atoms with Crippen molar-refractivity contribution in [3.05, 3.63) is 34.3 Å². The van der Waals surface area contributed by atoms with E-state index in [4.69, 9.17) is 15.2 Å². The lowest BCUT2D eigenvalue weighted by atomic mass is 10.2. The average Bonchev–Trinajstić information content (AvgIpc) is 2.37. The Morgan fingerprint density at radius 2 is 2.06 bits per heavy atom. The van der Waals surface area contributed by atoms with E-state index >= 15 is 0 Å². The molecule has 0 radical (unpaired) electrons. The van der Waals surface area contributed by atoms with Crippen molar-refractivity contribution in [1.82, 2.24) is 0 Å². The summed E-state index contributed by atoms with van der Waals surface area (Å²) in [5.74, 6) is 1.43. The van der Waals surface area contributed by atoms with Crippen LogP contribution >= 0.6 is 15.9 Å². The number of hydrogen-bond acceptors (Lipinski definition) is 3. The number of hydrogen-bond donors (Lipinski definition) is 1. The lowest BCUT2D eigenvalue weighted by Crippen LogP contribution is -2.05. The molecule has 0 saturated heterocycles. The third-order valence-corrected chi connectivity index (χ3v) is 3.11. The van der Waals surface area contributed by atoms with E-state index in [1.807, 2.05) is 19.1 Å². The zero-order chi connectivity index (χ0) is 13.5. The predicted molar refractivity (Wildman–Crippen MR) is 78.1 cm³/mol. The molecule has 0 heterocycles. The highest BCUT2D eigenvalue weighted by molar-refractivity contribution is 9.10. The average molecular weight is 314 g/mol. The van der Waals surface area contributed by atoms with Crippen LogP contribution in [-0.4, -0.2) is 13.2 Å². The van der Waals surface area contributed by atoms with Crippen molar-refractivity contribution in [3.63, 3.8) is 0 Å². The van der Waals surface area contributed by atoms with Crippen LogP contribution in [0.5, 0.6) is 11.5 Å². The van der Waals surface area contributed by atoms with Gasteiger partial charge in [-0.1, -0.05) is 13.5 Å². The van der Waals surface area contributed by atoms with Crippen LogP contribution in [0.2, 0.25) is 0 Å². The van der Waals surface area contributed by atoms with Gasteiger partial charge in [-0.3, -0.25) is 0 Å². The summed E-state index contributed by atoms with van der Waals surface area (Å²) in [6.45, 7) is 9.48. The molecule has 0 amide bonds. The van der Waals surface area contributed by atoms with Gasteiger partial charge in [0.2, 0.25) is 0 Å². The van der Waals surface area contributed by atoms with Gasteiger partial charge in [-0.2, -0.15) is 0 Å². The second-order valence-corrected chi connectivity index (χ2v) is 4.79. The molecule has 100 valence electrons. The molecule has 0 unspecified atom stereocenters. The number of halogens is 1. The highest BCUT2D eigenvalue weighted by Crippen LogP contribution is 2.37. The monoisotopic (exact) mass is 313 g/mol. The molecule has 3 nitrogen and oxygen atoms in total. The van der Waals surface area contributed by atoms with Gasteiger partial charge in [-0.25, -0.2) is 0 Å². The lowest BCUT2D eigenvalue weighted by Gasteiger charge is -2.15. The normalized spacial score (nSPS) is 10.2. The Bertz CT molecular complexity index is 419. The van der Waals surface area contributed by atoms with Crippen LogP contribution in [0.3, 0.4) is 0 Å². The van der Waals surface area contributed by atoms with E-state index in [-0.39, 0.29) is 0 Å². The van der Waals surface area contributed by atoms with Gasteiger partial charge in [-0.05, 0) is 52.5 Å². The van der Waals surface area contributed by atoms with Gasteiger partial charge in [-0.15, -0.1) is 0 Å². The third kappa shape index (κ3) is 4.03. The molecule has 4 heteroatoms. The minimum absolute atomic E-state index is 0.473. The summed E-state index contributed by atoms with van der Waals surface area (Å²) in [5, 5.41) is 0. The maximum Gasteiger partial charge on any atom is 0.175 e. The first kappa shape index (κ1) is 15.1. The minimum Gasteiger partial charge on any atom is -0.490 e. The Labute approximate surface area is 117 Å². The van der Waals surface area contributed by atoms with E-state index < -0.39 is 0 Å². The van der Waals surface area contributed by atoms with Crippen LogP contribution in [-0.2, 0) is 6.54 Å². The Hall–Kier alpha value is -1.00. The highest BCUT2D eigenvalue weighted by Gasteiger charge is 2.12. The molecule has 2 N–H and O–H groups in total. The summed E-state index contributed by atoms with van der Waals surface area (Å²) < 4.78 is 12.2. The standard InChI is InChI=1S/C14H20BrNO2/c1-4-10(3)9-18-14-12(15)6-11(8-16)7-13(14)17-5-2/h6-7H,3-5,8-9,16H2,1-2H3.